The van der Waals surface area contributed by atoms with Crippen LogP contribution in [0.15, 0.2) is 60.7 Å². The summed E-state index contributed by atoms with van der Waals surface area (Å²) in [5.41, 5.74) is 16.4. The molecule has 2 saturated carbocycles. The van der Waals surface area contributed by atoms with Gasteiger partial charge in [-0.3, -0.25) is 0 Å². The number of hydrogen-bond donors (Lipinski definition) is 1. The number of benzene rings is 3. The molecule has 0 amide bonds. The van der Waals surface area contributed by atoms with Crippen LogP contribution in [-0.4, -0.2) is 17.9 Å². The van der Waals surface area contributed by atoms with Crippen LogP contribution in [0.2, 0.25) is 0 Å². The molecule has 1 nitrogen and oxygen atoms in total. The molecule has 0 atom stereocenters. The Morgan fingerprint density at radius 2 is 1.18 bits per heavy atom. The van der Waals surface area contributed by atoms with E-state index in [0.29, 0.717) is 24.3 Å². The Balaban J connectivity index is 0.000000375. The zero-order valence-corrected chi connectivity index (χ0v) is 30.9. The van der Waals surface area contributed by atoms with Crippen LogP contribution in [0, 0.1) is 0 Å². The first-order valence-electron chi connectivity index (χ1n) is 17.7. The Morgan fingerprint density at radius 3 is 1.66 bits per heavy atom. The van der Waals surface area contributed by atoms with Gasteiger partial charge in [0.15, 0.2) is 0 Å². The van der Waals surface area contributed by atoms with E-state index < -0.39 is 0 Å². The first kappa shape index (κ1) is 35.6. The average molecular weight is 703 g/mol. The SMILES string of the molecule is CC(C)c1cc(C(C)C)c(-c2ccccc2P(C2CCCCC2)C2CCCCC2)c(C(C)C)c1.NCCc1cccc[c]1[Pd]. The molecule has 3 aromatic carbocycles. The molecule has 3 aromatic rings. The van der Waals surface area contributed by atoms with E-state index in [4.69, 9.17) is 5.73 Å². The molecule has 243 valence electrons. The molecule has 2 fully saturated rings. The molecule has 0 heterocycles. The zero-order chi connectivity index (χ0) is 31.6. The standard InChI is InChI=1S/C33H49P.C8H10N.Pd/c1-23(2)26-21-30(24(3)4)33(31(22-26)25(5)6)29-19-13-14-20-32(29)34(27-15-9-7-10-16-27)28-17-11-8-12-18-28;9-7-6-8-4-2-1-3-5-8;/h13-14,19-25,27-28H,7-12,15-18H2,1-6H3;1-4H,6-7,9H2;. The molecule has 0 aromatic heterocycles. The van der Waals surface area contributed by atoms with Crippen LogP contribution < -0.4 is 15.1 Å². The molecule has 0 radical (unpaired) electrons. The van der Waals surface area contributed by atoms with Crippen LogP contribution in [0.1, 0.15) is 146 Å². The van der Waals surface area contributed by atoms with Crippen LogP contribution in [0.4, 0.5) is 0 Å². The monoisotopic (exact) mass is 702 g/mol. The molecular formula is C41H59NPPd. The van der Waals surface area contributed by atoms with Gasteiger partial charge in [-0.2, -0.15) is 0 Å². The van der Waals surface area contributed by atoms with Crippen LogP contribution in [0.25, 0.3) is 11.1 Å². The van der Waals surface area contributed by atoms with Gasteiger partial charge in [-0.25, -0.2) is 0 Å². The Labute approximate surface area is 282 Å². The maximum atomic E-state index is 5.41. The van der Waals surface area contributed by atoms with Gasteiger partial charge < -0.3 is 0 Å². The summed E-state index contributed by atoms with van der Waals surface area (Å²) in [6, 6.07) is 23.0. The molecular weight excluding hydrogens is 644 g/mol. The molecule has 3 heteroatoms. The summed E-state index contributed by atoms with van der Waals surface area (Å²) in [5, 5.41) is 1.75. The minimum atomic E-state index is -0.120. The summed E-state index contributed by atoms with van der Waals surface area (Å²) in [7, 11) is -0.120. The van der Waals surface area contributed by atoms with Crippen molar-refractivity contribution in [3.05, 3.63) is 82.9 Å². The molecule has 2 aliphatic carbocycles. The molecule has 0 spiro atoms. The summed E-state index contributed by atoms with van der Waals surface area (Å²) in [5.74, 6) is 1.64. The number of rotatable bonds is 9. The van der Waals surface area contributed by atoms with Gasteiger partial charge in [0.2, 0.25) is 0 Å². The van der Waals surface area contributed by atoms with E-state index in [2.05, 4.69) is 103 Å². The quantitative estimate of drug-likeness (QED) is 0.174. The Bertz CT molecular complexity index is 1250. The summed E-state index contributed by atoms with van der Waals surface area (Å²) in [6.45, 7) is 15.0. The van der Waals surface area contributed by atoms with Crippen molar-refractivity contribution in [3.8, 4) is 11.1 Å². The zero-order valence-electron chi connectivity index (χ0n) is 28.5. The van der Waals surface area contributed by atoms with Gasteiger partial charge in [0.25, 0.3) is 0 Å². The molecule has 2 N–H and O–H groups in total. The van der Waals surface area contributed by atoms with Crippen molar-refractivity contribution < 1.29 is 19.2 Å². The van der Waals surface area contributed by atoms with Gasteiger partial charge >= 0.3 is 71.8 Å². The molecule has 0 unspecified atom stereocenters. The van der Waals surface area contributed by atoms with Crippen LogP contribution in [0.5, 0.6) is 0 Å². The fraction of sp³-hybridized carbons (Fsp3) is 0.561. The molecule has 2 aliphatic rings. The van der Waals surface area contributed by atoms with Gasteiger partial charge in [0, 0.05) is 0 Å². The molecule has 44 heavy (non-hydrogen) atoms. The van der Waals surface area contributed by atoms with E-state index in [1.807, 2.05) is 18.2 Å². The molecule has 0 saturated heterocycles. The van der Waals surface area contributed by atoms with Crippen LogP contribution >= 0.6 is 7.92 Å². The first-order chi connectivity index (χ1) is 21.2. The third-order valence-corrected chi connectivity index (χ3v) is 14.2. The Morgan fingerprint density at radius 1 is 0.682 bits per heavy atom. The third-order valence-electron chi connectivity index (χ3n) is 9.86. The van der Waals surface area contributed by atoms with E-state index in [0.717, 1.165) is 17.7 Å². The van der Waals surface area contributed by atoms with Gasteiger partial charge in [-0.1, -0.05) is 124 Å². The number of hydrogen-bond acceptors (Lipinski definition) is 1. The van der Waals surface area contributed by atoms with Crippen molar-refractivity contribution in [2.75, 3.05) is 6.54 Å². The topological polar surface area (TPSA) is 26.0 Å². The van der Waals surface area contributed by atoms with Crippen LogP contribution in [-0.2, 0) is 25.6 Å². The maximum absolute atomic E-state index is 5.41. The second kappa shape index (κ2) is 17.6. The normalized spacial score (nSPS) is 16.6. The van der Waals surface area contributed by atoms with Crippen molar-refractivity contribution >= 4 is 17.3 Å². The van der Waals surface area contributed by atoms with Crippen molar-refractivity contribution in [2.45, 2.75) is 141 Å². The van der Waals surface area contributed by atoms with Gasteiger partial charge in [-0.15, -0.1) is 0 Å². The second-order valence-corrected chi connectivity index (χ2v) is 17.7. The van der Waals surface area contributed by atoms with E-state index in [-0.39, 0.29) is 7.92 Å². The molecule has 0 aliphatic heterocycles. The average Bonchev–Trinajstić information content (AvgIpc) is 3.03. The summed E-state index contributed by atoms with van der Waals surface area (Å²) in [4.78, 5) is 0. The van der Waals surface area contributed by atoms with Crippen molar-refractivity contribution in [2.24, 2.45) is 5.73 Å². The van der Waals surface area contributed by atoms with Crippen molar-refractivity contribution in [1.29, 1.82) is 0 Å². The third kappa shape index (κ3) is 9.16. The van der Waals surface area contributed by atoms with Crippen molar-refractivity contribution in [3.63, 3.8) is 0 Å². The van der Waals surface area contributed by atoms with E-state index in [9.17, 15) is 0 Å². The summed E-state index contributed by atoms with van der Waals surface area (Å²) >= 11 is 3.18. The van der Waals surface area contributed by atoms with Gasteiger partial charge in [0.05, 0.1) is 0 Å². The summed E-state index contributed by atoms with van der Waals surface area (Å²) in [6.07, 6.45) is 15.6. The van der Waals surface area contributed by atoms with Gasteiger partial charge in [-0.05, 0) is 87.9 Å². The van der Waals surface area contributed by atoms with E-state index in [1.54, 1.807) is 27.6 Å². The van der Waals surface area contributed by atoms with Gasteiger partial charge in [0.1, 0.15) is 0 Å². The van der Waals surface area contributed by atoms with E-state index >= 15 is 0 Å². The molecule has 0 bridgehead atoms. The fourth-order valence-electron chi connectivity index (χ4n) is 7.42. The Kier molecular flexibility index (Phi) is 14.2. The summed E-state index contributed by atoms with van der Waals surface area (Å²) < 4.78 is 1.19. The van der Waals surface area contributed by atoms with Crippen molar-refractivity contribution in [1.82, 2.24) is 0 Å². The predicted octanol–water partition coefficient (Wildman–Crippen LogP) is 10.9. The number of nitrogens with two attached hydrogens (primary N) is 1. The first-order valence-corrected chi connectivity index (χ1v) is 19.9. The molecule has 5 rings (SSSR count). The second-order valence-electron chi connectivity index (χ2n) is 14.1. The Hall–Kier alpha value is -1.29. The minimum absolute atomic E-state index is 0.120. The van der Waals surface area contributed by atoms with E-state index in [1.165, 1.54) is 79.4 Å². The fourth-order valence-corrected chi connectivity index (χ4v) is 11.8. The predicted molar refractivity (Wildman–Crippen MR) is 193 cm³/mol. The van der Waals surface area contributed by atoms with Crippen LogP contribution in [0.3, 0.4) is 0 Å².